The molecule has 2 N–H and O–H groups in total. The number of halogens is 1. The van der Waals surface area contributed by atoms with Crippen molar-refractivity contribution in [3.05, 3.63) is 29.8 Å². The van der Waals surface area contributed by atoms with Crippen molar-refractivity contribution >= 4 is 22.4 Å². The highest BCUT2D eigenvalue weighted by molar-refractivity contribution is 7.89. The first kappa shape index (κ1) is 19.4. The molecule has 1 unspecified atom stereocenters. The summed E-state index contributed by atoms with van der Waals surface area (Å²) in [6, 6.07) is 7.10. The van der Waals surface area contributed by atoms with Crippen molar-refractivity contribution in [1.82, 2.24) is 14.9 Å². The van der Waals surface area contributed by atoms with Crippen LogP contribution in [0.3, 0.4) is 0 Å². The third-order valence-corrected chi connectivity index (χ3v) is 5.22. The van der Waals surface area contributed by atoms with Crippen LogP contribution in [0.5, 0.6) is 0 Å². The van der Waals surface area contributed by atoms with Gasteiger partial charge in [-0.1, -0.05) is 12.1 Å². The average Bonchev–Trinajstić information content (AvgIpc) is 2.91. The van der Waals surface area contributed by atoms with Crippen LogP contribution in [0.2, 0.25) is 0 Å². The van der Waals surface area contributed by atoms with Gasteiger partial charge in [-0.05, 0) is 63.6 Å². The fourth-order valence-electron chi connectivity index (χ4n) is 2.58. The minimum absolute atomic E-state index is 0. The van der Waals surface area contributed by atoms with Gasteiger partial charge < -0.3 is 10.2 Å². The van der Waals surface area contributed by atoms with E-state index in [2.05, 4.69) is 14.9 Å². The molecule has 0 radical (unpaired) electrons. The van der Waals surface area contributed by atoms with Gasteiger partial charge in [-0.3, -0.25) is 0 Å². The molecule has 1 saturated heterocycles. The molecule has 0 bridgehead atoms. The number of rotatable bonds is 7. The zero-order valence-corrected chi connectivity index (χ0v) is 14.8. The minimum Gasteiger partial charge on any atom is -0.316 e. The highest BCUT2D eigenvalue weighted by Gasteiger charge is 2.17. The van der Waals surface area contributed by atoms with Gasteiger partial charge in [-0.25, -0.2) is 13.1 Å². The number of benzene rings is 1. The Labute approximate surface area is 139 Å². The molecule has 1 heterocycles. The maximum absolute atomic E-state index is 12.2. The Kier molecular flexibility index (Phi) is 7.79. The first-order valence-electron chi connectivity index (χ1n) is 7.41. The van der Waals surface area contributed by atoms with E-state index < -0.39 is 10.0 Å². The van der Waals surface area contributed by atoms with Crippen molar-refractivity contribution in [2.24, 2.45) is 5.92 Å². The number of nitrogens with zero attached hydrogens (tertiary/aromatic N) is 1. The Hall–Kier alpha value is -0.660. The number of sulfonamides is 1. The highest BCUT2D eigenvalue weighted by Crippen LogP contribution is 2.14. The van der Waals surface area contributed by atoms with E-state index in [1.807, 2.05) is 26.2 Å². The Morgan fingerprint density at radius 2 is 1.95 bits per heavy atom. The first-order valence-corrected chi connectivity index (χ1v) is 8.90. The van der Waals surface area contributed by atoms with Gasteiger partial charge in [-0.15, -0.1) is 12.4 Å². The topological polar surface area (TPSA) is 61.4 Å². The van der Waals surface area contributed by atoms with Crippen LogP contribution in [0.25, 0.3) is 0 Å². The van der Waals surface area contributed by atoms with Crippen LogP contribution in [-0.4, -0.2) is 47.0 Å². The Morgan fingerprint density at radius 3 is 2.50 bits per heavy atom. The summed E-state index contributed by atoms with van der Waals surface area (Å²) >= 11 is 0. The zero-order chi connectivity index (χ0) is 15.3. The zero-order valence-electron chi connectivity index (χ0n) is 13.2. The number of hydrogen-bond donors (Lipinski definition) is 2. The molecule has 0 saturated carbocycles. The van der Waals surface area contributed by atoms with E-state index in [0.717, 1.165) is 38.0 Å². The van der Waals surface area contributed by atoms with Gasteiger partial charge in [0.2, 0.25) is 10.0 Å². The molecule has 1 fully saturated rings. The van der Waals surface area contributed by atoms with Gasteiger partial charge in [0.1, 0.15) is 0 Å². The van der Waals surface area contributed by atoms with Crippen LogP contribution in [-0.2, 0) is 16.6 Å². The molecule has 1 aromatic carbocycles. The Bertz CT molecular complexity index is 540. The van der Waals surface area contributed by atoms with Crippen LogP contribution in [0.1, 0.15) is 18.4 Å². The molecule has 0 amide bonds. The maximum atomic E-state index is 12.2. The van der Waals surface area contributed by atoms with E-state index >= 15 is 0 Å². The molecule has 1 aliphatic rings. The van der Waals surface area contributed by atoms with E-state index in [0.29, 0.717) is 17.4 Å². The molecule has 126 valence electrons. The van der Waals surface area contributed by atoms with E-state index in [4.69, 9.17) is 0 Å². The minimum atomic E-state index is -3.38. The lowest BCUT2D eigenvalue weighted by molar-refractivity contribution is 0.402. The molecule has 0 aromatic heterocycles. The summed E-state index contributed by atoms with van der Waals surface area (Å²) in [7, 11) is 0.599. The second-order valence-corrected chi connectivity index (χ2v) is 7.69. The summed E-state index contributed by atoms with van der Waals surface area (Å²) in [6.45, 7) is 3.36. The summed E-state index contributed by atoms with van der Waals surface area (Å²) in [4.78, 5) is 2.40. The van der Waals surface area contributed by atoms with Crippen LogP contribution >= 0.6 is 12.4 Å². The van der Waals surface area contributed by atoms with Gasteiger partial charge in [0.25, 0.3) is 0 Å². The molecule has 7 heteroatoms. The highest BCUT2D eigenvalue weighted by atomic mass is 35.5. The van der Waals surface area contributed by atoms with Crippen LogP contribution in [0.4, 0.5) is 0 Å². The molecule has 22 heavy (non-hydrogen) atoms. The molecule has 2 rings (SSSR count). The lowest BCUT2D eigenvalue weighted by Gasteiger charge is -2.12. The fourth-order valence-corrected chi connectivity index (χ4v) is 3.63. The van der Waals surface area contributed by atoms with Crippen molar-refractivity contribution in [1.29, 1.82) is 0 Å². The molecule has 1 atom stereocenters. The van der Waals surface area contributed by atoms with Gasteiger partial charge >= 0.3 is 0 Å². The smallest absolute Gasteiger partial charge is 0.240 e. The predicted molar refractivity (Wildman–Crippen MR) is 91.9 cm³/mol. The molecule has 1 aromatic rings. The monoisotopic (exact) mass is 347 g/mol. The molecule has 5 nitrogen and oxygen atoms in total. The Balaban J connectivity index is 0.00000242. The van der Waals surface area contributed by atoms with Gasteiger partial charge in [0.15, 0.2) is 0 Å². The van der Waals surface area contributed by atoms with Gasteiger partial charge in [0, 0.05) is 13.1 Å². The predicted octanol–water partition coefficient (Wildman–Crippen LogP) is 1.45. The molecular formula is C15H26ClN3O2S. The summed E-state index contributed by atoms with van der Waals surface area (Å²) < 4.78 is 27.1. The summed E-state index contributed by atoms with van der Waals surface area (Å²) in [5.74, 6) is 0.593. The van der Waals surface area contributed by atoms with E-state index in [1.54, 1.807) is 12.1 Å². The number of hydrogen-bond acceptors (Lipinski definition) is 4. The molecule has 0 spiro atoms. The van der Waals surface area contributed by atoms with E-state index in [-0.39, 0.29) is 12.4 Å². The van der Waals surface area contributed by atoms with Gasteiger partial charge in [0.05, 0.1) is 4.90 Å². The third kappa shape index (κ3) is 5.85. The van der Waals surface area contributed by atoms with Crippen LogP contribution < -0.4 is 10.0 Å². The Morgan fingerprint density at radius 1 is 1.27 bits per heavy atom. The third-order valence-electron chi connectivity index (χ3n) is 3.74. The van der Waals surface area contributed by atoms with Gasteiger partial charge in [-0.2, -0.15) is 0 Å². The second kappa shape index (κ2) is 8.84. The quantitative estimate of drug-likeness (QED) is 0.783. The summed E-state index contributed by atoms with van der Waals surface area (Å²) in [6.07, 6.45) is 2.03. The lowest BCUT2D eigenvalue weighted by Crippen LogP contribution is -2.26. The average molecular weight is 348 g/mol. The van der Waals surface area contributed by atoms with Crippen molar-refractivity contribution in [3.63, 3.8) is 0 Å². The first-order chi connectivity index (χ1) is 9.97. The normalized spacial score (nSPS) is 18.4. The second-order valence-electron chi connectivity index (χ2n) is 5.93. The van der Waals surface area contributed by atoms with Crippen molar-refractivity contribution in [2.75, 3.05) is 33.7 Å². The van der Waals surface area contributed by atoms with Crippen molar-refractivity contribution < 1.29 is 8.42 Å². The molecule has 1 aliphatic heterocycles. The van der Waals surface area contributed by atoms with E-state index in [1.165, 1.54) is 0 Å². The van der Waals surface area contributed by atoms with Crippen molar-refractivity contribution in [3.8, 4) is 0 Å². The lowest BCUT2D eigenvalue weighted by atomic mass is 10.1. The summed E-state index contributed by atoms with van der Waals surface area (Å²) in [5.41, 5.74) is 1.11. The number of nitrogens with one attached hydrogen (secondary N) is 2. The van der Waals surface area contributed by atoms with Crippen LogP contribution in [0.15, 0.2) is 29.2 Å². The summed E-state index contributed by atoms with van der Waals surface area (Å²) in [5, 5.41) is 3.29. The SMILES string of the molecule is CN(C)Cc1ccc(S(=O)(=O)NCCC2CCNC2)cc1.Cl. The van der Waals surface area contributed by atoms with Crippen molar-refractivity contribution in [2.45, 2.75) is 24.3 Å². The fraction of sp³-hybridized carbons (Fsp3) is 0.600. The molecular weight excluding hydrogens is 322 g/mol. The van der Waals surface area contributed by atoms with Crippen LogP contribution in [0, 0.1) is 5.92 Å². The molecule has 0 aliphatic carbocycles. The standard InChI is InChI=1S/C15H25N3O2S.ClH/c1-18(2)12-14-3-5-15(6-4-14)21(19,20)17-10-8-13-7-9-16-11-13;/h3-6,13,16-17H,7-12H2,1-2H3;1H. The van der Waals surface area contributed by atoms with E-state index in [9.17, 15) is 8.42 Å². The maximum Gasteiger partial charge on any atom is 0.240 e. The largest absolute Gasteiger partial charge is 0.316 e.